The Kier molecular flexibility index (Phi) is 4.72. The molecule has 0 bridgehead atoms. The molecule has 2 N–H and O–H groups in total. The monoisotopic (exact) mass is 267 g/mol. The molecule has 1 aromatic rings. The number of likely N-dealkylation sites (tertiary alicyclic amines) is 1. The molecule has 1 aromatic heterocycles. The number of nitrogens with zero attached hydrogens (tertiary/aromatic N) is 2. The smallest absolute Gasteiger partial charge is 0.250 e. The predicted octanol–water partition coefficient (Wildman–Crippen LogP) is 1.26. The Hall–Kier alpha value is -0.940. The molecule has 0 aliphatic carbocycles. The van der Waals surface area contributed by atoms with Crippen LogP contribution in [0.1, 0.15) is 12.8 Å². The van der Waals surface area contributed by atoms with Crippen molar-refractivity contribution >= 4 is 17.4 Å². The number of aromatic nitrogens is 1. The Morgan fingerprint density at radius 2 is 2.06 bits per heavy atom. The molecule has 4 nitrogen and oxygen atoms in total. The Bertz CT molecular complexity index is 438. The molecular formula is C13H21N3OS. The number of anilines is 1. The molecule has 0 spiro atoms. The van der Waals surface area contributed by atoms with Gasteiger partial charge in [0.05, 0.1) is 0 Å². The van der Waals surface area contributed by atoms with Crippen molar-refractivity contribution in [1.29, 1.82) is 0 Å². The molecule has 1 saturated heterocycles. The van der Waals surface area contributed by atoms with Gasteiger partial charge in [-0.1, -0.05) is 0 Å². The van der Waals surface area contributed by atoms with Gasteiger partial charge in [-0.15, -0.1) is 0 Å². The number of nitrogen functional groups attached to an aromatic ring is 1. The van der Waals surface area contributed by atoms with E-state index in [1.807, 2.05) is 11.8 Å². The topological polar surface area (TPSA) is 51.3 Å². The van der Waals surface area contributed by atoms with Crippen LogP contribution in [0.15, 0.2) is 23.1 Å². The molecule has 0 amide bonds. The third-order valence-electron chi connectivity index (χ3n) is 3.53. The van der Waals surface area contributed by atoms with Crippen LogP contribution in [0.5, 0.6) is 0 Å². The van der Waals surface area contributed by atoms with Crippen LogP contribution >= 0.6 is 11.8 Å². The fourth-order valence-corrected chi connectivity index (χ4v) is 3.02. The van der Waals surface area contributed by atoms with Crippen LogP contribution in [0, 0.1) is 0 Å². The first kappa shape index (κ1) is 13.5. The highest BCUT2D eigenvalue weighted by Crippen LogP contribution is 2.20. The van der Waals surface area contributed by atoms with Crippen molar-refractivity contribution in [3.8, 4) is 0 Å². The van der Waals surface area contributed by atoms with Crippen LogP contribution in [0.3, 0.4) is 0 Å². The van der Waals surface area contributed by atoms with Crippen molar-refractivity contribution < 1.29 is 0 Å². The zero-order valence-corrected chi connectivity index (χ0v) is 11.7. The standard InChI is InChI=1S/C13H21N3OS/c1-18-12-4-6-15(7-5-12)8-9-16-10-11(14)2-3-13(16)17/h2-3,10,12H,4-9,14H2,1H3. The molecule has 18 heavy (non-hydrogen) atoms. The van der Waals surface area contributed by atoms with E-state index in [1.165, 1.54) is 18.9 Å². The fraction of sp³-hybridized carbons (Fsp3) is 0.615. The molecule has 5 heteroatoms. The van der Waals surface area contributed by atoms with Gasteiger partial charge in [0.15, 0.2) is 0 Å². The summed E-state index contributed by atoms with van der Waals surface area (Å²) in [5.41, 5.74) is 6.38. The maximum atomic E-state index is 11.6. The van der Waals surface area contributed by atoms with Gasteiger partial charge in [0.25, 0.3) is 5.56 Å². The first-order valence-electron chi connectivity index (χ1n) is 6.40. The molecule has 2 heterocycles. The second-order valence-electron chi connectivity index (χ2n) is 4.77. The van der Waals surface area contributed by atoms with Crippen LogP contribution in [0.25, 0.3) is 0 Å². The van der Waals surface area contributed by atoms with E-state index < -0.39 is 0 Å². The highest BCUT2D eigenvalue weighted by Gasteiger charge is 2.17. The molecule has 1 aliphatic heterocycles. The average molecular weight is 267 g/mol. The number of piperidine rings is 1. The molecule has 100 valence electrons. The predicted molar refractivity (Wildman–Crippen MR) is 78.1 cm³/mol. The number of thioether (sulfide) groups is 1. The quantitative estimate of drug-likeness (QED) is 0.892. The average Bonchev–Trinajstić information content (AvgIpc) is 2.40. The van der Waals surface area contributed by atoms with Crippen LogP contribution in [0.2, 0.25) is 0 Å². The number of rotatable bonds is 4. The molecular weight excluding hydrogens is 246 g/mol. The van der Waals surface area contributed by atoms with Gasteiger partial charge in [-0.25, -0.2) is 0 Å². The Labute approximate surface area is 112 Å². The van der Waals surface area contributed by atoms with Crippen molar-refractivity contribution in [2.24, 2.45) is 0 Å². The summed E-state index contributed by atoms with van der Waals surface area (Å²) < 4.78 is 1.70. The molecule has 1 fully saturated rings. The van der Waals surface area contributed by atoms with Gasteiger partial charge in [0.1, 0.15) is 0 Å². The van der Waals surface area contributed by atoms with Crippen molar-refractivity contribution in [3.63, 3.8) is 0 Å². The third-order valence-corrected chi connectivity index (χ3v) is 4.67. The van der Waals surface area contributed by atoms with Crippen molar-refractivity contribution in [1.82, 2.24) is 9.47 Å². The summed E-state index contributed by atoms with van der Waals surface area (Å²) in [5, 5.41) is 0.816. The number of hydrogen-bond acceptors (Lipinski definition) is 4. The maximum Gasteiger partial charge on any atom is 0.250 e. The summed E-state index contributed by atoms with van der Waals surface area (Å²) in [6.07, 6.45) is 6.43. The molecule has 0 unspecified atom stereocenters. The lowest BCUT2D eigenvalue weighted by Gasteiger charge is -2.31. The largest absolute Gasteiger partial charge is 0.398 e. The normalized spacial score (nSPS) is 18.1. The summed E-state index contributed by atoms with van der Waals surface area (Å²) in [4.78, 5) is 14.1. The van der Waals surface area contributed by atoms with E-state index in [4.69, 9.17) is 5.73 Å². The molecule has 2 rings (SSSR count). The van der Waals surface area contributed by atoms with E-state index >= 15 is 0 Å². The second kappa shape index (κ2) is 6.29. The van der Waals surface area contributed by atoms with Crippen molar-refractivity contribution in [3.05, 3.63) is 28.7 Å². The van der Waals surface area contributed by atoms with Crippen molar-refractivity contribution in [2.75, 3.05) is 31.6 Å². The maximum absolute atomic E-state index is 11.6. The van der Waals surface area contributed by atoms with E-state index in [1.54, 1.807) is 16.8 Å². The molecule has 0 saturated carbocycles. The molecule has 0 radical (unpaired) electrons. The molecule has 0 aromatic carbocycles. The minimum atomic E-state index is 0.0307. The minimum absolute atomic E-state index is 0.0307. The minimum Gasteiger partial charge on any atom is -0.398 e. The summed E-state index contributed by atoms with van der Waals surface area (Å²) in [6.45, 7) is 3.95. The first-order chi connectivity index (χ1) is 8.69. The van der Waals surface area contributed by atoms with Gasteiger partial charge in [0, 0.05) is 36.3 Å². The van der Waals surface area contributed by atoms with E-state index in [9.17, 15) is 4.79 Å². The fourth-order valence-electron chi connectivity index (χ4n) is 2.34. The molecule has 1 aliphatic rings. The molecule has 0 atom stereocenters. The lowest BCUT2D eigenvalue weighted by Crippen LogP contribution is -2.37. The van der Waals surface area contributed by atoms with E-state index in [0.717, 1.165) is 31.4 Å². The lowest BCUT2D eigenvalue weighted by molar-refractivity contribution is 0.224. The highest BCUT2D eigenvalue weighted by molar-refractivity contribution is 7.99. The summed E-state index contributed by atoms with van der Waals surface area (Å²) in [6, 6.07) is 3.19. The van der Waals surface area contributed by atoms with Crippen molar-refractivity contribution in [2.45, 2.75) is 24.6 Å². The SMILES string of the molecule is CSC1CCN(CCn2cc(N)ccc2=O)CC1. The van der Waals surface area contributed by atoms with E-state index in [-0.39, 0.29) is 5.56 Å². The number of pyridine rings is 1. The van der Waals surface area contributed by atoms with Gasteiger partial charge in [0.2, 0.25) is 0 Å². The number of hydrogen-bond donors (Lipinski definition) is 1. The van der Waals surface area contributed by atoms with Gasteiger partial charge in [-0.05, 0) is 38.3 Å². The van der Waals surface area contributed by atoms with E-state index in [2.05, 4.69) is 11.2 Å². The van der Waals surface area contributed by atoms with Crippen LogP contribution < -0.4 is 11.3 Å². The summed E-state index contributed by atoms with van der Waals surface area (Å²) in [5.74, 6) is 0. The van der Waals surface area contributed by atoms with Gasteiger partial charge in [-0.2, -0.15) is 11.8 Å². The van der Waals surface area contributed by atoms with Gasteiger partial charge < -0.3 is 15.2 Å². The second-order valence-corrected chi connectivity index (χ2v) is 5.91. The van der Waals surface area contributed by atoms with E-state index in [0.29, 0.717) is 5.69 Å². The zero-order chi connectivity index (χ0) is 13.0. The van der Waals surface area contributed by atoms with Crippen LogP contribution in [-0.4, -0.2) is 40.6 Å². The van der Waals surface area contributed by atoms with Crippen LogP contribution in [0.4, 0.5) is 5.69 Å². The zero-order valence-electron chi connectivity index (χ0n) is 10.8. The van der Waals surface area contributed by atoms with Crippen LogP contribution in [-0.2, 0) is 6.54 Å². The van der Waals surface area contributed by atoms with Gasteiger partial charge in [-0.3, -0.25) is 4.79 Å². The Balaban J connectivity index is 1.85. The van der Waals surface area contributed by atoms with Gasteiger partial charge >= 0.3 is 0 Å². The Morgan fingerprint density at radius 3 is 2.72 bits per heavy atom. The summed E-state index contributed by atoms with van der Waals surface area (Å²) >= 11 is 1.97. The third kappa shape index (κ3) is 3.53. The Morgan fingerprint density at radius 1 is 1.33 bits per heavy atom. The highest BCUT2D eigenvalue weighted by atomic mass is 32.2. The number of nitrogens with two attached hydrogens (primary N) is 1. The first-order valence-corrected chi connectivity index (χ1v) is 7.69. The summed E-state index contributed by atoms with van der Waals surface area (Å²) in [7, 11) is 0. The lowest BCUT2D eigenvalue weighted by atomic mass is 10.1.